The topological polar surface area (TPSA) is 96.6 Å². The van der Waals surface area contributed by atoms with Gasteiger partial charge in [0.25, 0.3) is 5.91 Å². The number of hydrazone groups is 1. The van der Waals surface area contributed by atoms with E-state index in [0.717, 1.165) is 35.6 Å². The normalized spacial score (nSPS) is 15.8. The van der Waals surface area contributed by atoms with Gasteiger partial charge in [0.2, 0.25) is 5.17 Å². The molecule has 0 atom stereocenters. The number of aliphatic imine (C=N–C) groups is 1. The lowest BCUT2D eigenvalue weighted by Crippen LogP contribution is -2.35. The summed E-state index contributed by atoms with van der Waals surface area (Å²) in [5.74, 6) is 1.10. The van der Waals surface area contributed by atoms with Crippen molar-refractivity contribution in [2.45, 2.75) is 52.4 Å². The van der Waals surface area contributed by atoms with Crippen molar-refractivity contribution in [2.24, 2.45) is 10.1 Å². The first-order valence-corrected chi connectivity index (χ1v) is 14.3. The molecule has 0 aliphatic carbocycles. The number of fused-ring (bicyclic) bond motifs is 1. The molecule has 2 aromatic rings. The number of nitrogens with one attached hydrogen (secondary N) is 1. The largest absolute Gasteiger partial charge is 0.491 e. The van der Waals surface area contributed by atoms with Crippen LogP contribution in [0.4, 0.5) is 0 Å². The lowest BCUT2D eigenvalue weighted by molar-refractivity contribution is -0.114. The van der Waals surface area contributed by atoms with Crippen LogP contribution in [-0.4, -0.2) is 53.4 Å². The van der Waals surface area contributed by atoms with Gasteiger partial charge in [-0.1, -0.05) is 62.4 Å². The standard InChI is InChI=1S/C30H36N4O4S/c1-3-4-5-6-7-11-27-33-34-28(31)26(29(35)32-30(34)39-27)21-23-9-8-10-25(20-23)38-19-17-36-16-18-37-24-14-12-22(2)13-15-24/h8-10,12-15,20-21,31H,3-7,11,16-19H2,1-2H3/b26-21-,31-28?. The van der Waals surface area contributed by atoms with E-state index < -0.39 is 5.91 Å². The average Bonchev–Trinajstić information content (AvgIpc) is 3.34. The van der Waals surface area contributed by atoms with Crippen LogP contribution >= 0.6 is 11.8 Å². The third-order valence-electron chi connectivity index (χ3n) is 6.17. The Labute approximate surface area is 234 Å². The molecular formula is C30H36N4O4S. The number of benzene rings is 2. The quantitative estimate of drug-likeness (QED) is 0.203. The number of ether oxygens (including phenoxy) is 3. The zero-order chi connectivity index (χ0) is 27.5. The van der Waals surface area contributed by atoms with E-state index in [1.54, 1.807) is 6.08 Å². The predicted molar refractivity (Wildman–Crippen MR) is 158 cm³/mol. The van der Waals surface area contributed by atoms with Crippen LogP contribution in [0.2, 0.25) is 0 Å². The van der Waals surface area contributed by atoms with Gasteiger partial charge in [-0.05, 0) is 67.4 Å². The van der Waals surface area contributed by atoms with Crippen LogP contribution in [0.1, 0.15) is 56.6 Å². The summed E-state index contributed by atoms with van der Waals surface area (Å²) in [6.45, 7) is 5.98. The fourth-order valence-electron chi connectivity index (χ4n) is 4.05. The Hall–Kier alpha value is -3.43. The maximum absolute atomic E-state index is 12.7. The average molecular weight is 549 g/mol. The summed E-state index contributed by atoms with van der Waals surface area (Å²) in [6, 6.07) is 15.3. The van der Waals surface area contributed by atoms with Crippen LogP contribution in [-0.2, 0) is 9.53 Å². The molecule has 0 unspecified atom stereocenters. The Morgan fingerprint density at radius 3 is 2.46 bits per heavy atom. The lowest BCUT2D eigenvalue weighted by atomic mass is 10.1. The van der Waals surface area contributed by atoms with Crippen molar-refractivity contribution in [3.8, 4) is 11.5 Å². The number of nitrogens with zero attached hydrogens (tertiary/aromatic N) is 3. The zero-order valence-electron chi connectivity index (χ0n) is 22.7. The van der Waals surface area contributed by atoms with Gasteiger partial charge < -0.3 is 14.2 Å². The number of hydrogen-bond acceptors (Lipinski definition) is 7. The smallest absolute Gasteiger partial charge is 0.283 e. The molecule has 0 aromatic heterocycles. The number of rotatable bonds is 15. The van der Waals surface area contributed by atoms with Crippen LogP contribution in [0.15, 0.2) is 64.2 Å². The van der Waals surface area contributed by atoms with Gasteiger partial charge in [-0.15, -0.1) is 0 Å². The third-order valence-corrected chi connectivity index (χ3v) is 7.14. The van der Waals surface area contributed by atoms with Crippen molar-refractivity contribution < 1.29 is 19.0 Å². The van der Waals surface area contributed by atoms with Crippen molar-refractivity contribution in [3.63, 3.8) is 0 Å². The minimum atomic E-state index is -0.425. The summed E-state index contributed by atoms with van der Waals surface area (Å²) < 4.78 is 17.1. The van der Waals surface area contributed by atoms with Gasteiger partial charge in [-0.3, -0.25) is 10.2 Å². The number of carbonyl (C=O) groups is 1. The predicted octanol–water partition coefficient (Wildman–Crippen LogP) is 6.45. The van der Waals surface area contributed by atoms with E-state index >= 15 is 0 Å². The van der Waals surface area contributed by atoms with E-state index in [1.165, 1.54) is 41.6 Å². The summed E-state index contributed by atoms with van der Waals surface area (Å²) in [6.07, 6.45) is 8.40. The van der Waals surface area contributed by atoms with Crippen molar-refractivity contribution in [2.75, 3.05) is 26.4 Å². The minimum Gasteiger partial charge on any atom is -0.491 e. The molecule has 0 spiro atoms. The highest BCUT2D eigenvalue weighted by molar-refractivity contribution is 8.26. The second-order valence-electron chi connectivity index (χ2n) is 9.37. The highest BCUT2D eigenvalue weighted by atomic mass is 32.2. The molecule has 1 amide bonds. The first-order valence-electron chi connectivity index (χ1n) is 13.5. The Bertz CT molecular complexity index is 1240. The molecule has 2 aliphatic heterocycles. The molecule has 2 aromatic carbocycles. The number of hydrogen-bond donors (Lipinski definition) is 1. The molecule has 39 heavy (non-hydrogen) atoms. The summed E-state index contributed by atoms with van der Waals surface area (Å²) in [7, 11) is 0. The zero-order valence-corrected chi connectivity index (χ0v) is 23.5. The molecule has 8 nitrogen and oxygen atoms in total. The lowest BCUT2D eigenvalue weighted by Gasteiger charge is -2.20. The molecule has 1 N–H and O–H groups in total. The second-order valence-corrected chi connectivity index (χ2v) is 10.4. The van der Waals surface area contributed by atoms with Crippen molar-refractivity contribution >= 4 is 39.8 Å². The molecular weight excluding hydrogens is 512 g/mol. The van der Waals surface area contributed by atoms with Gasteiger partial charge in [0.05, 0.1) is 18.8 Å². The molecule has 0 saturated carbocycles. The Kier molecular flexibility index (Phi) is 10.7. The summed E-state index contributed by atoms with van der Waals surface area (Å²) >= 11 is 1.39. The molecule has 0 fully saturated rings. The van der Waals surface area contributed by atoms with Crippen LogP contribution < -0.4 is 9.47 Å². The highest BCUT2D eigenvalue weighted by Crippen LogP contribution is 2.30. The fourth-order valence-corrected chi connectivity index (χ4v) is 4.97. The minimum absolute atomic E-state index is 0.0473. The molecule has 0 bridgehead atoms. The number of unbranched alkanes of at least 4 members (excludes halogenated alkanes) is 4. The highest BCUT2D eigenvalue weighted by Gasteiger charge is 2.35. The fraction of sp³-hybridized carbons (Fsp3) is 0.400. The van der Waals surface area contributed by atoms with Gasteiger partial charge in [0.15, 0.2) is 5.84 Å². The van der Waals surface area contributed by atoms with E-state index in [-0.39, 0.29) is 11.4 Å². The number of amidine groups is 2. The first kappa shape index (κ1) is 28.6. The molecule has 206 valence electrons. The molecule has 2 heterocycles. The molecule has 4 rings (SSSR count). The van der Waals surface area contributed by atoms with E-state index in [1.807, 2.05) is 55.5 Å². The van der Waals surface area contributed by atoms with E-state index in [9.17, 15) is 4.79 Å². The first-order chi connectivity index (χ1) is 19.0. The van der Waals surface area contributed by atoms with Gasteiger partial charge in [0, 0.05) is 0 Å². The van der Waals surface area contributed by atoms with Crippen molar-refractivity contribution in [3.05, 3.63) is 65.2 Å². The van der Waals surface area contributed by atoms with E-state index in [2.05, 4.69) is 17.0 Å². The van der Waals surface area contributed by atoms with Gasteiger partial charge in [-0.2, -0.15) is 15.1 Å². The van der Waals surface area contributed by atoms with E-state index in [0.29, 0.717) is 37.3 Å². The third kappa shape index (κ3) is 8.53. The summed E-state index contributed by atoms with van der Waals surface area (Å²) in [5.41, 5.74) is 2.15. The molecule has 0 saturated heterocycles. The van der Waals surface area contributed by atoms with Crippen molar-refractivity contribution in [1.82, 2.24) is 5.01 Å². The molecule has 2 aliphatic rings. The van der Waals surface area contributed by atoms with Crippen LogP contribution in [0.3, 0.4) is 0 Å². The van der Waals surface area contributed by atoms with Gasteiger partial charge in [0.1, 0.15) is 29.8 Å². The molecule has 9 heteroatoms. The SMILES string of the molecule is CCCCCCCC1=NN2C(=N)/C(=C/c3cccc(OCCOCCOc4ccc(C)cc4)c3)C(=O)N=C2S1. The molecule has 0 radical (unpaired) electrons. The van der Waals surface area contributed by atoms with Crippen molar-refractivity contribution in [1.29, 1.82) is 5.41 Å². The number of thioether (sulfide) groups is 1. The Morgan fingerprint density at radius 2 is 1.69 bits per heavy atom. The van der Waals surface area contributed by atoms with Gasteiger partial charge in [-0.25, -0.2) is 0 Å². The number of amides is 1. The van der Waals surface area contributed by atoms with Crippen LogP contribution in [0, 0.1) is 12.3 Å². The monoisotopic (exact) mass is 548 g/mol. The maximum atomic E-state index is 12.7. The Balaban J connectivity index is 1.24. The number of carbonyl (C=O) groups excluding carboxylic acids is 1. The number of aryl methyl sites for hydroxylation is 1. The second kappa shape index (κ2) is 14.6. The Morgan fingerprint density at radius 1 is 0.949 bits per heavy atom. The summed E-state index contributed by atoms with van der Waals surface area (Å²) in [5, 5.41) is 16.0. The van der Waals surface area contributed by atoms with Gasteiger partial charge >= 0.3 is 0 Å². The van der Waals surface area contributed by atoms with Crippen LogP contribution in [0.5, 0.6) is 11.5 Å². The van der Waals surface area contributed by atoms with Crippen LogP contribution in [0.25, 0.3) is 6.08 Å². The summed E-state index contributed by atoms with van der Waals surface area (Å²) in [4.78, 5) is 16.9. The maximum Gasteiger partial charge on any atom is 0.283 e. The van der Waals surface area contributed by atoms with E-state index in [4.69, 9.17) is 19.6 Å².